The third-order valence-electron chi connectivity index (χ3n) is 1.82. The van der Waals surface area contributed by atoms with E-state index in [1.807, 2.05) is 0 Å². The highest BCUT2D eigenvalue weighted by Gasteiger charge is 2.21. The highest BCUT2D eigenvalue weighted by molar-refractivity contribution is 6.05. The zero-order valence-corrected chi connectivity index (χ0v) is 8.33. The first-order valence-electron chi connectivity index (χ1n) is 4.23. The predicted octanol–water partition coefficient (Wildman–Crippen LogP) is 1.03. The van der Waals surface area contributed by atoms with Crippen molar-refractivity contribution in [3.05, 3.63) is 17.5 Å². The normalized spacial score (nSPS) is 10.3. The molecule has 0 saturated carbocycles. The standard InChI is InChI=1S/C9H12N2O3/c1-5(2)8(12)6-4-10-11-7(6)9(13)14-3/h4-5H,1-3H3,(H,10,11). The third kappa shape index (κ3) is 1.81. The molecule has 5 nitrogen and oxygen atoms in total. The maximum Gasteiger partial charge on any atom is 0.356 e. The van der Waals surface area contributed by atoms with E-state index in [1.165, 1.54) is 13.3 Å². The summed E-state index contributed by atoms with van der Waals surface area (Å²) < 4.78 is 4.50. The Hall–Kier alpha value is -1.65. The Balaban J connectivity index is 3.04. The molecule has 0 saturated heterocycles. The lowest BCUT2D eigenvalue weighted by atomic mass is 10.0. The Morgan fingerprint density at radius 1 is 1.50 bits per heavy atom. The zero-order valence-electron chi connectivity index (χ0n) is 8.33. The molecule has 0 atom stereocenters. The van der Waals surface area contributed by atoms with Gasteiger partial charge in [0.05, 0.1) is 18.9 Å². The largest absolute Gasteiger partial charge is 0.464 e. The highest BCUT2D eigenvalue weighted by atomic mass is 16.5. The van der Waals surface area contributed by atoms with Crippen LogP contribution in [-0.2, 0) is 4.74 Å². The summed E-state index contributed by atoms with van der Waals surface area (Å²) in [6.45, 7) is 3.52. The number of nitrogens with one attached hydrogen (secondary N) is 1. The van der Waals surface area contributed by atoms with E-state index in [0.29, 0.717) is 0 Å². The van der Waals surface area contributed by atoms with Gasteiger partial charge in [0.15, 0.2) is 11.5 Å². The average Bonchev–Trinajstić information content (AvgIpc) is 2.63. The number of aromatic amines is 1. The van der Waals surface area contributed by atoms with Crippen molar-refractivity contribution in [2.45, 2.75) is 13.8 Å². The summed E-state index contributed by atoms with van der Waals surface area (Å²) in [6, 6.07) is 0. The maximum atomic E-state index is 11.6. The fraction of sp³-hybridized carbons (Fsp3) is 0.444. The van der Waals surface area contributed by atoms with Crippen molar-refractivity contribution in [1.82, 2.24) is 10.2 Å². The van der Waals surface area contributed by atoms with E-state index >= 15 is 0 Å². The SMILES string of the molecule is COC(=O)c1[nH]ncc1C(=O)C(C)C. The lowest BCUT2D eigenvalue weighted by Crippen LogP contribution is -2.13. The van der Waals surface area contributed by atoms with Gasteiger partial charge >= 0.3 is 5.97 Å². The van der Waals surface area contributed by atoms with Gasteiger partial charge in [-0.05, 0) is 0 Å². The Kier molecular flexibility index (Phi) is 3.01. The predicted molar refractivity (Wildman–Crippen MR) is 49.1 cm³/mol. The second-order valence-electron chi connectivity index (χ2n) is 3.17. The van der Waals surface area contributed by atoms with Crippen molar-refractivity contribution >= 4 is 11.8 Å². The average molecular weight is 196 g/mol. The summed E-state index contributed by atoms with van der Waals surface area (Å²) in [4.78, 5) is 22.8. The second kappa shape index (κ2) is 4.04. The van der Waals surface area contributed by atoms with Crippen LogP contribution in [0.2, 0.25) is 0 Å². The van der Waals surface area contributed by atoms with Gasteiger partial charge in [0, 0.05) is 5.92 Å². The van der Waals surface area contributed by atoms with Crippen molar-refractivity contribution in [3.8, 4) is 0 Å². The van der Waals surface area contributed by atoms with Gasteiger partial charge in [0.2, 0.25) is 0 Å². The highest BCUT2D eigenvalue weighted by Crippen LogP contribution is 2.12. The van der Waals surface area contributed by atoms with Gasteiger partial charge in [-0.3, -0.25) is 9.89 Å². The number of methoxy groups -OCH3 is 1. The molecule has 0 spiro atoms. The fourth-order valence-electron chi connectivity index (χ4n) is 1.04. The molecule has 1 rings (SSSR count). The second-order valence-corrected chi connectivity index (χ2v) is 3.17. The molecule has 0 fully saturated rings. The molecule has 1 aromatic heterocycles. The van der Waals surface area contributed by atoms with Crippen LogP contribution in [0.1, 0.15) is 34.7 Å². The lowest BCUT2D eigenvalue weighted by molar-refractivity contribution is 0.0589. The van der Waals surface area contributed by atoms with Gasteiger partial charge in [0.25, 0.3) is 0 Å². The summed E-state index contributed by atoms with van der Waals surface area (Å²) in [5.41, 5.74) is 0.401. The molecule has 1 N–H and O–H groups in total. The number of esters is 1. The Labute approximate surface area is 81.5 Å². The summed E-state index contributed by atoms with van der Waals surface area (Å²) >= 11 is 0. The van der Waals surface area contributed by atoms with Crippen LogP contribution in [0, 0.1) is 5.92 Å². The number of aromatic nitrogens is 2. The monoisotopic (exact) mass is 196 g/mol. The number of hydrogen-bond acceptors (Lipinski definition) is 4. The van der Waals surface area contributed by atoms with E-state index < -0.39 is 5.97 Å². The zero-order chi connectivity index (χ0) is 10.7. The molecule has 0 bridgehead atoms. The Bertz CT molecular complexity index is 355. The number of carbonyl (C=O) groups is 2. The number of nitrogens with zero attached hydrogens (tertiary/aromatic N) is 1. The van der Waals surface area contributed by atoms with E-state index in [1.54, 1.807) is 13.8 Å². The molecular weight excluding hydrogens is 184 g/mol. The van der Waals surface area contributed by atoms with Gasteiger partial charge in [0.1, 0.15) is 0 Å². The van der Waals surface area contributed by atoms with Crippen molar-refractivity contribution in [2.75, 3.05) is 7.11 Å². The fourth-order valence-corrected chi connectivity index (χ4v) is 1.04. The number of Topliss-reactive ketones (excluding diaryl/α,β-unsaturated/α-hetero) is 1. The maximum absolute atomic E-state index is 11.6. The third-order valence-corrected chi connectivity index (χ3v) is 1.82. The molecule has 14 heavy (non-hydrogen) atoms. The van der Waals surface area contributed by atoms with Crippen LogP contribution >= 0.6 is 0 Å². The van der Waals surface area contributed by atoms with E-state index in [9.17, 15) is 9.59 Å². The van der Waals surface area contributed by atoms with Crippen molar-refractivity contribution in [1.29, 1.82) is 0 Å². The van der Waals surface area contributed by atoms with Crippen LogP contribution < -0.4 is 0 Å². The molecule has 1 aromatic rings. The first kappa shape index (κ1) is 10.4. The molecule has 0 aliphatic heterocycles. The molecule has 76 valence electrons. The molecule has 5 heteroatoms. The van der Waals surface area contributed by atoms with Gasteiger partial charge in [-0.25, -0.2) is 4.79 Å². The molecule has 1 heterocycles. The number of carbonyl (C=O) groups excluding carboxylic acids is 2. The first-order valence-corrected chi connectivity index (χ1v) is 4.23. The van der Waals surface area contributed by atoms with Crippen LogP contribution in [-0.4, -0.2) is 29.1 Å². The minimum absolute atomic E-state index is 0.117. The number of hydrogen-bond donors (Lipinski definition) is 1. The molecular formula is C9H12N2O3. The van der Waals surface area contributed by atoms with Crippen LogP contribution in [0.3, 0.4) is 0 Å². The Morgan fingerprint density at radius 3 is 2.64 bits per heavy atom. The molecule has 0 aliphatic rings. The van der Waals surface area contributed by atoms with Gasteiger partial charge in [-0.1, -0.05) is 13.8 Å². The van der Waals surface area contributed by atoms with E-state index in [-0.39, 0.29) is 23.0 Å². The summed E-state index contributed by atoms with van der Waals surface area (Å²) in [5.74, 6) is -0.873. The van der Waals surface area contributed by atoms with Gasteiger partial charge in [-0.15, -0.1) is 0 Å². The van der Waals surface area contributed by atoms with Crippen molar-refractivity contribution in [2.24, 2.45) is 5.92 Å². The van der Waals surface area contributed by atoms with Crippen molar-refractivity contribution < 1.29 is 14.3 Å². The van der Waals surface area contributed by atoms with Gasteiger partial charge in [-0.2, -0.15) is 5.10 Å². The molecule has 0 amide bonds. The van der Waals surface area contributed by atoms with Crippen LogP contribution in [0.5, 0.6) is 0 Å². The minimum atomic E-state index is -0.577. The number of rotatable bonds is 3. The molecule has 0 radical (unpaired) electrons. The van der Waals surface area contributed by atoms with E-state index in [0.717, 1.165) is 0 Å². The minimum Gasteiger partial charge on any atom is -0.464 e. The van der Waals surface area contributed by atoms with Crippen LogP contribution in [0.4, 0.5) is 0 Å². The number of ether oxygens (including phenoxy) is 1. The summed E-state index contributed by atoms with van der Waals surface area (Å²) in [6.07, 6.45) is 1.34. The smallest absolute Gasteiger partial charge is 0.356 e. The van der Waals surface area contributed by atoms with E-state index in [4.69, 9.17) is 0 Å². The molecule has 0 aliphatic carbocycles. The number of H-pyrrole nitrogens is 1. The topological polar surface area (TPSA) is 72.1 Å². The van der Waals surface area contributed by atoms with Gasteiger partial charge < -0.3 is 4.74 Å². The molecule has 0 aromatic carbocycles. The lowest BCUT2D eigenvalue weighted by Gasteiger charge is -2.02. The number of ketones is 1. The Morgan fingerprint density at radius 2 is 2.14 bits per heavy atom. The van der Waals surface area contributed by atoms with Crippen molar-refractivity contribution in [3.63, 3.8) is 0 Å². The van der Waals surface area contributed by atoms with Crippen LogP contribution in [0.15, 0.2) is 6.20 Å². The van der Waals surface area contributed by atoms with Crippen LogP contribution in [0.25, 0.3) is 0 Å². The summed E-state index contributed by atoms with van der Waals surface area (Å²) in [7, 11) is 1.26. The quantitative estimate of drug-likeness (QED) is 0.579. The first-order chi connectivity index (χ1) is 6.57. The molecule has 0 unspecified atom stereocenters. The summed E-state index contributed by atoms with van der Waals surface area (Å²) in [5, 5.41) is 6.09. The van der Waals surface area contributed by atoms with E-state index in [2.05, 4.69) is 14.9 Å².